The van der Waals surface area contributed by atoms with Gasteiger partial charge in [-0.25, -0.2) is 0 Å². The molecule has 0 N–H and O–H groups in total. The smallest absolute Gasteiger partial charge is 0.338 e. The normalized spacial score (nSPS) is 17.2. The maximum atomic E-state index is 12.7. The van der Waals surface area contributed by atoms with Crippen LogP contribution in [0.4, 0.5) is 13.2 Å². The molecular formula is C18H16F3N5OS. The molecule has 0 spiro atoms. The zero-order valence-corrected chi connectivity index (χ0v) is 15.5. The number of nitrogens with zero attached hydrogens (tertiary/aromatic N) is 5. The van der Waals surface area contributed by atoms with Crippen molar-refractivity contribution in [2.75, 3.05) is 0 Å². The Hall–Kier alpha value is -2.36. The summed E-state index contributed by atoms with van der Waals surface area (Å²) in [5.74, 6) is 2.73. The molecule has 0 amide bonds. The number of thioether (sulfide) groups is 1. The summed E-state index contributed by atoms with van der Waals surface area (Å²) in [6.45, 7) is 0. The molecule has 146 valence electrons. The van der Waals surface area contributed by atoms with Crippen LogP contribution in [0.2, 0.25) is 0 Å². The van der Waals surface area contributed by atoms with Gasteiger partial charge in [0.2, 0.25) is 11.7 Å². The van der Waals surface area contributed by atoms with Crippen molar-refractivity contribution in [2.24, 2.45) is 0 Å². The molecule has 0 atom stereocenters. The van der Waals surface area contributed by atoms with Crippen molar-refractivity contribution in [1.29, 1.82) is 0 Å². The third-order valence-electron chi connectivity index (χ3n) is 4.81. The van der Waals surface area contributed by atoms with Gasteiger partial charge >= 0.3 is 6.18 Å². The van der Waals surface area contributed by atoms with E-state index in [0.717, 1.165) is 36.0 Å². The van der Waals surface area contributed by atoms with E-state index in [1.54, 1.807) is 0 Å². The Balaban J connectivity index is 1.29. The lowest BCUT2D eigenvalue weighted by Crippen LogP contribution is -2.04. The summed E-state index contributed by atoms with van der Waals surface area (Å²) >= 11 is 1.49. The highest BCUT2D eigenvalue weighted by atomic mass is 32.2. The second-order valence-corrected chi connectivity index (χ2v) is 8.03. The molecule has 3 aromatic rings. The number of alkyl halides is 3. The summed E-state index contributed by atoms with van der Waals surface area (Å²) in [6.07, 6.45) is 0.299. The third kappa shape index (κ3) is 3.52. The SMILES string of the molecule is FC(F)(F)c1ccc(-c2noc(CSc3nnc(C4CC4)n3C3CC3)n2)cc1. The highest BCUT2D eigenvalue weighted by molar-refractivity contribution is 7.98. The number of rotatable bonds is 6. The minimum absolute atomic E-state index is 0.270. The maximum absolute atomic E-state index is 12.7. The van der Waals surface area contributed by atoms with E-state index in [1.165, 1.54) is 36.7 Å². The van der Waals surface area contributed by atoms with Crippen LogP contribution in [-0.2, 0) is 11.9 Å². The molecule has 1 aromatic carbocycles. The van der Waals surface area contributed by atoms with Crippen molar-refractivity contribution in [1.82, 2.24) is 24.9 Å². The van der Waals surface area contributed by atoms with E-state index in [2.05, 4.69) is 24.9 Å². The molecule has 0 bridgehead atoms. The standard InChI is InChI=1S/C18H16F3N5OS/c19-18(20,21)12-5-3-10(4-6-12)15-22-14(27-25-15)9-28-17-24-23-16(11-1-2-11)26(17)13-7-8-13/h3-6,11,13H,1-2,7-9H2. The maximum Gasteiger partial charge on any atom is 0.416 e. The van der Waals surface area contributed by atoms with Crippen molar-refractivity contribution in [3.63, 3.8) is 0 Å². The molecule has 6 nitrogen and oxygen atoms in total. The fourth-order valence-corrected chi connectivity index (χ4v) is 3.90. The lowest BCUT2D eigenvalue weighted by atomic mass is 10.1. The van der Waals surface area contributed by atoms with E-state index in [0.29, 0.717) is 29.2 Å². The number of aromatic nitrogens is 5. The van der Waals surface area contributed by atoms with Crippen LogP contribution < -0.4 is 0 Å². The lowest BCUT2D eigenvalue weighted by molar-refractivity contribution is -0.137. The molecule has 2 fully saturated rings. The monoisotopic (exact) mass is 407 g/mol. The Bertz CT molecular complexity index is 990. The van der Waals surface area contributed by atoms with Crippen LogP contribution in [-0.4, -0.2) is 24.9 Å². The van der Waals surface area contributed by atoms with Crippen LogP contribution in [0.3, 0.4) is 0 Å². The van der Waals surface area contributed by atoms with Gasteiger partial charge in [-0.1, -0.05) is 29.1 Å². The van der Waals surface area contributed by atoms with Crippen molar-refractivity contribution in [3.8, 4) is 11.4 Å². The Morgan fingerprint density at radius 3 is 2.46 bits per heavy atom. The highest BCUT2D eigenvalue weighted by Gasteiger charge is 2.36. The van der Waals surface area contributed by atoms with Gasteiger partial charge in [-0.3, -0.25) is 0 Å². The number of halogens is 3. The highest BCUT2D eigenvalue weighted by Crippen LogP contribution is 2.46. The first kappa shape index (κ1) is 17.7. The lowest BCUT2D eigenvalue weighted by Gasteiger charge is -2.06. The molecule has 2 aliphatic rings. The van der Waals surface area contributed by atoms with Crippen molar-refractivity contribution in [2.45, 2.75) is 54.7 Å². The largest absolute Gasteiger partial charge is 0.416 e. The Kier molecular flexibility index (Phi) is 4.18. The van der Waals surface area contributed by atoms with E-state index in [1.807, 2.05) is 0 Å². The molecule has 28 heavy (non-hydrogen) atoms. The van der Waals surface area contributed by atoms with Crippen LogP contribution in [0, 0.1) is 0 Å². The van der Waals surface area contributed by atoms with Gasteiger partial charge in [0.1, 0.15) is 5.82 Å². The van der Waals surface area contributed by atoms with Crippen molar-refractivity contribution in [3.05, 3.63) is 41.5 Å². The predicted octanol–water partition coefficient (Wildman–Crippen LogP) is 4.85. The van der Waals surface area contributed by atoms with Gasteiger partial charge in [-0.15, -0.1) is 10.2 Å². The minimum atomic E-state index is -4.37. The molecule has 5 rings (SSSR count). The number of benzene rings is 1. The molecule has 0 saturated heterocycles. The fourth-order valence-electron chi connectivity index (χ4n) is 3.05. The van der Waals surface area contributed by atoms with Crippen LogP contribution in [0.15, 0.2) is 33.9 Å². The predicted molar refractivity (Wildman–Crippen MR) is 94.6 cm³/mol. The molecule has 2 saturated carbocycles. The molecule has 2 aliphatic carbocycles. The van der Waals surface area contributed by atoms with Crippen LogP contribution in [0.25, 0.3) is 11.4 Å². The topological polar surface area (TPSA) is 69.6 Å². The average Bonchev–Trinajstić information content (AvgIpc) is 3.61. The molecule has 0 unspecified atom stereocenters. The van der Waals surface area contributed by atoms with E-state index in [9.17, 15) is 13.2 Å². The first-order chi connectivity index (χ1) is 13.5. The summed E-state index contributed by atoms with van der Waals surface area (Å²) in [7, 11) is 0. The summed E-state index contributed by atoms with van der Waals surface area (Å²) in [5, 5.41) is 13.4. The molecule has 10 heteroatoms. The van der Waals surface area contributed by atoms with Gasteiger partial charge < -0.3 is 9.09 Å². The first-order valence-electron chi connectivity index (χ1n) is 9.07. The second-order valence-electron chi connectivity index (χ2n) is 7.09. The minimum Gasteiger partial charge on any atom is -0.338 e. The molecule has 2 heterocycles. The Morgan fingerprint density at radius 2 is 1.82 bits per heavy atom. The van der Waals surface area contributed by atoms with Gasteiger partial charge in [-0.2, -0.15) is 18.2 Å². The van der Waals surface area contributed by atoms with Crippen molar-refractivity contribution >= 4 is 11.8 Å². The third-order valence-corrected chi connectivity index (χ3v) is 5.74. The first-order valence-corrected chi connectivity index (χ1v) is 10.1. The quantitative estimate of drug-likeness (QED) is 0.544. The summed E-state index contributed by atoms with van der Waals surface area (Å²) in [6, 6.07) is 5.21. The Morgan fingerprint density at radius 1 is 1.07 bits per heavy atom. The van der Waals surface area contributed by atoms with Crippen LogP contribution >= 0.6 is 11.8 Å². The molecule has 2 aromatic heterocycles. The Labute approximate surface area is 162 Å². The number of hydrogen-bond acceptors (Lipinski definition) is 6. The summed E-state index contributed by atoms with van der Waals surface area (Å²) in [4.78, 5) is 4.29. The summed E-state index contributed by atoms with van der Waals surface area (Å²) < 4.78 is 45.5. The van der Waals surface area contributed by atoms with Gasteiger partial charge in [0, 0.05) is 17.5 Å². The van der Waals surface area contributed by atoms with Gasteiger partial charge in [0.05, 0.1) is 11.3 Å². The second kappa shape index (κ2) is 6.61. The zero-order valence-electron chi connectivity index (χ0n) is 14.7. The molecule has 0 radical (unpaired) electrons. The van der Waals surface area contributed by atoms with E-state index in [4.69, 9.17) is 4.52 Å². The van der Waals surface area contributed by atoms with Gasteiger partial charge in [0.25, 0.3) is 0 Å². The van der Waals surface area contributed by atoms with E-state index in [-0.39, 0.29) is 5.82 Å². The molecule has 0 aliphatic heterocycles. The van der Waals surface area contributed by atoms with Gasteiger partial charge in [0.15, 0.2) is 5.16 Å². The average molecular weight is 407 g/mol. The molecular weight excluding hydrogens is 391 g/mol. The van der Waals surface area contributed by atoms with Gasteiger partial charge in [-0.05, 0) is 37.8 Å². The van der Waals surface area contributed by atoms with Crippen LogP contribution in [0.1, 0.15) is 54.9 Å². The fraction of sp³-hybridized carbons (Fsp3) is 0.444. The van der Waals surface area contributed by atoms with E-state index >= 15 is 0 Å². The zero-order chi connectivity index (χ0) is 19.3. The van der Waals surface area contributed by atoms with E-state index < -0.39 is 11.7 Å². The van der Waals surface area contributed by atoms with Crippen LogP contribution in [0.5, 0.6) is 0 Å². The summed E-state index contributed by atoms with van der Waals surface area (Å²) in [5.41, 5.74) is -0.230. The van der Waals surface area contributed by atoms with Crippen molar-refractivity contribution < 1.29 is 17.7 Å². The number of hydrogen-bond donors (Lipinski definition) is 0.